The van der Waals surface area contributed by atoms with Crippen molar-refractivity contribution in [2.45, 2.75) is 24.6 Å². The summed E-state index contributed by atoms with van der Waals surface area (Å²) in [6.45, 7) is -0.532. The van der Waals surface area contributed by atoms with Crippen LogP contribution in [0.3, 0.4) is 0 Å². The fourth-order valence-corrected chi connectivity index (χ4v) is 3.23. The van der Waals surface area contributed by atoms with Gasteiger partial charge in [-0.2, -0.15) is 18.3 Å². The molecule has 0 aromatic carbocycles. The van der Waals surface area contributed by atoms with E-state index in [9.17, 15) is 26.7 Å². The largest absolute Gasteiger partial charge is 0.431 e. The zero-order chi connectivity index (χ0) is 13.3. The van der Waals surface area contributed by atoms with Crippen LogP contribution in [0.2, 0.25) is 0 Å². The molecule has 0 radical (unpaired) electrons. The number of nitrogens with zero attached hydrogens (tertiary/aromatic N) is 2. The van der Waals surface area contributed by atoms with E-state index in [0.29, 0.717) is 11.3 Å². The van der Waals surface area contributed by atoms with E-state index in [4.69, 9.17) is 0 Å². The fraction of sp³-hybridized carbons (Fsp3) is 0.800. The lowest BCUT2D eigenvalue weighted by Gasteiger charge is -2.29. The summed E-state index contributed by atoms with van der Waals surface area (Å²) in [5.41, 5.74) is -1.15. The topological polar surface area (TPSA) is 32.7 Å². The molecule has 100 valence electrons. The molecule has 0 spiro atoms. The molecule has 0 aromatic rings. The second-order valence-corrected chi connectivity index (χ2v) is 4.92. The Kier molecular flexibility index (Phi) is 2.12. The van der Waals surface area contributed by atoms with Crippen molar-refractivity contribution in [3.63, 3.8) is 0 Å². The van der Waals surface area contributed by atoms with E-state index in [1.165, 1.54) is 0 Å². The quantitative estimate of drug-likeness (QED) is 0.564. The van der Waals surface area contributed by atoms with Gasteiger partial charge in [-0.25, -0.2) is 8.78 Å². The minimum atomic E-state index is -4.71. The van der Waals surface area contributed by atoms with E-state index in [-0.39, 0.29) is 6.42 Å². The van der Waals surface area contributed by atoms with Gasteiger partial charge in [0.05, 0.1) is 6.54 Å². The van der Waals surface area contributed by atoms with Crippen molar-refractivity contribution in [1.82, 2.24) is 5.01 Å². The van der Waals surface area contributed by atoms with Gasteiger partial charge in [0.25, 0.3) is 5.92 Å². The number of fused-ring (bicyclic) bond motifs is 3. The van der Waals surface area contributed by atoms with Gasteiger partial charge in [0.15, 0.2) is 0 Å². The summed E-state index contributed by atoms with van der Waals surface area (Å²) in [6.07, 6.45) is -4.31. The van der Waals surface area contributed by atoms with E-state index < -0.39 is 48.2 Å². The molecule has 1 aliphatic heterocycles. The summed E-state index contributed by atoms with van der Waals surface area (Å²) in [4.78, 5) is 10.4. The van der Waals surface area contributed by atoms with Crippen molar-refractivity contribution < 1.29 is 26.7 Å². The van der Waals surface area contributed by atoms with Gasteiger partial charge >= 0.3 is 6.18 Å². The molecule has 0 saturated heterocycles. The highest BCUT2D eigenvalue weighted by atomic mass is 19.4. The van der Waals surface area contributed by atoms with E-state index in [1.807, 2.05) is 0 Å². The Labute approximate surface area is 98.6 Å². The van der Waals surface area contributed by atoms with Crippen molar-refractivity contribution in [3.8, 4) is 0 Å². The normalized spacial score (nSPS) is 40.3. The molecule has 2 saturated carbocycles. The zero-order valence-corrected chi connectivity index (χ0v) is 8.99. The summed E-state index contributed by atoms with van der Waals surface area (Å²) in [6, 6.07) is -1.61. The number of carbonyl (C=O) groups is 1. The van der Waals surface area contributed by atoms with Gasteiger partial charge in [0.2, 0.25) is 0 Å². The minimum absolute atomic E-state index is 0.109. The Hall–Kier alpha value is -1.21. The predicted octanol–water partition coefficient (Wildman–Crippen LogP) is 1.69. The first-order chi connectivity index (χ1) is 8.28. The Balaban J connectivity index is 1.99. The van der Waals surface area contributed by atoms with Crippen LogP contribution in [-0.2, 0) is 4.79 Å². The van der Waals surface area contributed by atoms with E-state index in [2.05, 4.69) is 5.10 Å². The summed E-state index contributed by atoms with van der Waals surface area (Å²) in [7, 11) is 0. The van der Waals surface area contributed by atoms with E-state index >= 15 is 0 Å². The Bertz CT molecular complexity index is 432. The molecule has 2 fully saturated rings. The highest BCUT2D eigenvalue weighted by Crippen LogP contribution is 2.66. The maximum Gasteiger partial charge on any atom is 0.431 e. The van der Waals surface area contributed by atoms with Crippen LogP contribution >= 0.6 is 0 Å². The average Bonchev–Trinajstić information content (AvgIpc) is 2.87. The molecule has 18 heavy (non-hydrogen) atoms. The van der Waals surface area contributed by atoms with Crippen LogP contribution in [0, 0.1) is 17.8 Å². The van der Waals surface area contributed by atoms with Crippen LogP contribution in [0.1, 0.15) is 6.42 Å². The third kappa shape index (κ3) is 1.34. The van der Waals surface area contributed by atoms with Crippen molar-refractivity contribution in [2.24, 2.45) is 22.9 Å². The number of hydrogen-bond acceptors (Lipinski definition) is 3. The first kappa shape index (κ1) is 11.9. The first-order valence-electron chi connectivity index (χ1n) is 5.52. The number of halogens is 5. The molecule has 3 rings (SSSR count). The van der Waals surface area contributed by atoms with Gasteiger partial charge < -0.3 is 4.79 Å². The predicted molar refractivity (Wildman–Crippen MR) is 50.1 cm³/mol. The molecule has 0 aromatic heterocycles. The molecular formula is C10H9F5N2O. The second-order valence-electron chi connectivity index (χ2n) is 4.92. The molecule has 0 amide bonds. The standard InChI is InChI=1S/C10H9F5N2O/c11-9(12)5-3-4(5)6-7(10(13,14)15)16-17(1-2-18)8(6)9/h2,4-6,8H,1,3H2. The third-order valence-electron chi connectivity index (χ3n) is 3.95. The zero-order valence-electron chi connectivity index (χ0n) is 8.99. The van der Waals surface area contributed by atoms with Crippen molar-refractivity contribution in [1.29, 1.82) is 0 Å². The van der Waals surface area contributed by atoms with E-state index in [1.54, 1.807) is 0 Å². The molecule has 8 heteroatoms. The smallest absolute Gasteiger partial charge is 0.301 e. The van der Waals surface area contributed by atoms with Gasteiger partial charge in [-0.3, -0.25) is 5.01 Å². The fourth-order valence-electron chi connectivity index (χ4n) is 3.23. The van der Waals surface area contributed by atoms with Crippen LogP contribution < -0.4 is 0 Å². The molecule has 0 bridgehead atoms. The number of rotatable bonds is 2. The van der Waals surface area contributed by atoms with Crippen molar-refractivity contribution >= 4 is 12.0 Å². The maximum absolute atomic E-state index is 13.9. The summed E-state index contributed by atoms with van der Waals surface area (Å²) >= 11 is 0. The molecule has 3 nitrogen and oxygen atoms in total. The summed E-state index contributed by atoms with van der Waals surface area (Å²) in [5, 5.41) is 3.82. The van der Waals surface area contributed by atoms with Crippen molar-refractivity contribution in [3.05, 3.63) is 0 Å². The lowest BCUT2D eigenvalue weighted by Crippen LogP contribution is -2.46. The van der Waals surface area contributed by atoms with Crippen LogP contribution in [0.25, 0.3) is 0 Å². The van der Waals surface area contributed by atoms with Crippen molar-refractivity contribution in [2.75, 3.05) is 6.54 Å². The number of hydrogen-bond donors (Lipinski definition) is 0. The summed E-state index contributed by atoms with van der Waals surface area (Å²) < 4.78 is 66.0. The maximum atomic E-state index is 13.9. The van der Waals surface area contributed by atoms with Gasteiger partial charge in [-0.15, -0.1) is 0 Å². The van der Waals surface area contributed by atoms with Gasteiger partial charge in [-0.1, -0.05) is 0 Å². The highest BCUT2D eigenvalue weighted by Gasteiger charge is 2.76. The van der Waals surface area contributed by atoms with Crippen LogP contribution in [0.5, 0.6) is 0 Å². The Morgan fingerprint density at radius 2 is 2.11 bits per heavy atom. The van der Waals surface area contributed by atoms with Gasteiger partial charge in [0, 0.05) is 11.8 Å². The Morgan fingerprint density at radius 3 is 2.67 bits per heavy atom. The SMILES string of the molecule is O=CCN1N=C(C(F)(F)F)C2C3CC3C(F)(F)C21. The van der Waals surface area contributed by atoms with E-state index in [0.717, 1.165) is 0 Å². The molecule has 4 unspecified atom stereocenters. The molecular weight excluding hydrogens is 259 g/mol. The Morgan fingerprint density at radius 1 is 1.44 bits per heavy atom. The highest BCUT2D eigenvalue weighted by molar-refractivity contribution is 5.95. The molecule has 3 aliphatic rings. The lowest BCUT2D eigenvalue weighted by atomic mass is 9.92. The number of aldehydes is 1. The first-order valence-corrected chi connectivity index (χ1v) is 5.52. The van der Waals surface area contributed by atoms with Gasteiger partial charge in [0.1, 0.15) is 18.0 Å². The van der Waals surface area contributed by atoms with Crippen LogP contribution in [0.15, 0.2) is 5.10 Å². The van der Waals surface area contributed by atoms with Crippen LogP contribution in [-0.4, -0.2) is 41.7 Å². The second kappa shape index (κ2) is 3.21. The third-order valence-corrected chi connectivity index (χ3v) is 3.95. The molecule has 0 N–H and O–H groups in total. The molecule has 2 aliphatic carbocycles. The number of hydrazone groups is 1. The minimum Gasteiger partial charge on any atom is -0.301 e. The summed E-state index contributed by atoms with van der Waals surface area (Å²) in [5.74, 6) is -6.13. The number of alkyl halides is 5. The van der Waals surface area contributed by atoms with Crippen LogP contribution in [0.4, 0.5) is 22.0 Å². The number of carbonyl (C=O) groups excluding carboxylic acids is 1. The molecule has 1 heterocycles. The van der Waals surface area contributed by atoms with Gasteiger partial charge in [-0.05, 0) is 12.3 Å². The lowest BCUT2D eigenvalue weighted by molar-refractivity contribution is -0.113. The molecule has 4 atom stereocenters. The monoisotopic (exact) mass is 268 g/mol. The average molecular weight is 268 g/mol.